The maximum absolute atomic E-state index is 12.7. The summed E-state index contributed by atoms with van der Waals surface area (Å²) < 4.78 is 2.38. The predicted molar refractivity (Wildman–Crippen MR) is 111 cm³/mol. The van der Waals surface area contributed by atoms with Gasteiger partial charge in [0.25, 0.3) is 5.91 Å². The molecule has 2 aliphatic rings. The molecule has 0 saturated heterocycles. The number of nitrogens with zero attached hydrogens (tertiary/aromatic N) is 1. The lowest BCUT2D eigenvalue weighted by molar-refractivity contribution is 0.0891. The number of amides is 1. The molecule has 3 nitrogen and oxygen atoms in total. The summed E-state index contributed by atoms with van der Waals surface area (Å²) in [6.07, 6.45) is 8.52. The van der Waals surface area contributed by atoms with Crippen LogP contribution in [0.2, 0.25) is 0 Å². The third kappa shape index (κ3) is 3.56. The van der Waals surface area contributed by atoms with Gasteiger partial charge in [-0.05, 0) is 86.8 Å². The predicted octanol–water partition coefficient (Wildman–Crippen LogP) is 5.22. The molecule has 4 rings (SSSR count). The van der Waals surface area contributed by atoms with E-state index in [1.807, 2.05) is 12.1 Å². The van der Waals surface area contributed by atoms with Crippen LogP contribution >= 0.6 is 0 Å². The van der Waals surface area contributed by atoms with Crippen molar-refractivity contribution < 1.29 is 4.79 Å². The van der Waals surface area contributed by atoms with Gasteiger partial charge in [0, 0.05) is 28.7 Å². The van der Waals surface area contributed by atoms with Crippen molar-refractivity contribution in [3.63, 3.8) is 0 Å². The minimum Gasteiger partial charge on any atom is -0.349 e. The van der Waals surface area contributed by atoms with E-state index in [0.29, 0.717) is 17.9 Å². The molecule has 0 spiro atoms. The second kappa shape index (κ2) is 7.53. The van der Waals surface area contributed by atoms with Gasteiger partial charge in [-0.2, -0.15) is 0 Å². The first kappa shape index (κ1) is 18.3. The van der Waals surface area contributed by atoms with Gasteiger partial charge >= 0.3 is 0 Å². The van der Waals surface area contributed by atoms with E-state index in [1.165, 1.54) is 54.7 Å². The van der Waals surface area contributed by atoms with Crippen LogP contribution in [0, 0.1) is 18.8 Å². The van der Waals surface area contributed by atoms with E-state index in [1.54, 1.807) is 0 Å². The third-order valence-electron chi connectivity index (χ3n) is 6.90. The molecule has 1 aromatic heterocycles. The number of rotatable bonds is 3. The Bertz CT molecular complexity index is 818. The highest BCUT2D eigenvalue weighted by Crippen LogP contribution is 2.30. The fraction of sp³-hybridized carbons (Fsp3) is 0.542. The molecule has 1 fully saturated rings. The van der Waals surface area contributed by atoms with E-state index < -0.39 is 0 Å². The van der Waals surface area contributed by atoms with Crippen LogP contribution in [0.5, 0.6) is 0 Å². The molecular formula is C24H32N2O. The van der Waals surface area contributed by atoms with Crippen molar-refractivity contribution in [2.75, 3.05) is 0 Å². The lowest BCUT2D eigenvalue weighted by atomic mass is 9.78. The minimum atomic E-state index is 0.0683. The molecule has 1 N–H and O–H groups in total. The number of fused-ring (bicyclic) bond motifs is 1. The summed E-state index contributed by atoms with van der Waals surface area (Å²) in [4.78, 5) is 12.7. The van der Waals surface area contributed by atoms with E-state index in [-0.39, 0.29) is 5.91 Å². The number of benzene rings is 1. The summed E-state index contributed by atoms with van der Waals surface area (Å²) in [6.45, 7) is 6.76. The van der Waals surface area contributed by atoms with Gasteiger partial charge in [0.2, 0.25) is 0 Å². The molecule has 2 aliphatic carbocycles. The first-order valence-electron chi connectivity index (χ1n) is 10.7. The fourth-order valence-corrected chi connectivity index (χ4v) is 5.01. The van der Waals surface area contributed by atoms with Crippen LogP contribution in [-0.4, -0.2) is 16.5 Å². The smallest absolute Gasteiger partial charge is 0.251 e. The van der Waals surface area contributed by atoms with Gasteiger partial charge < -0.3 is 9.88 Å². The zero-order valence-corrected chi connectivity index (χ0v) is 16.9. The first-order valence-corrected chi connectivity index (χ1v) is 10.7. The number of aromatic nitrogens is 1. The van der Waals surface area contributed by atoms with Crippen molar-refractivity contribution in [3.8, 4) is 5.69 Å². The van der Waals surface area contributed by atoms with Crippen LogP contribution in [0.25, 0.3) is 5.69 Å². The fourth-order valence-electron chi connectivity index (χ4n) is 5.01. The Labute approximate surface area is 163 Å². The maximum Gasteiger partial charge on any atom is 0.251 e. The summed E-state index contributed by atoms with van der Waals surface area (Å²) in [5, 5.41) is 3.29. The summed E-state index contributed by atoms with van der Waals surface area (Å²) in [7, 11) is 0. The topological polar surface area (TPSA) is 34.0 Å². The third-order valence-corrected chi connectivity index (χ3v) is 6.90. The number of aryl methyl sites for hydroxylation is 2. The van der Waals surface area contributed by atoms with E-state index in [2.05, 4.69) is 48.9 Å². The van der Waals surface area contributed by atoms with Gasteiger partial charge in [-0.25, -0.2) is 0 Å². The molecule has 1 heterocycles. The van der Waals surface area contributed by atoms with Crippen LogP contribution in [-0.2, 0) is 12.8 Å². The van der Waals surface area contributed by atoms with Crippen molar-refractivity contribution in [1.29, 1.82) is 0 Å². The van der Waals surface area contributed by atoms with Crippen molar-refractivity contribution in [2.24, 2.45) is 11.8 Å². The van der Waals surface area contributed by atoms with Crippen molar-refractivity contribution in [2.45, 2.75) is 71.8 Å². The average molecular weight is 365 g/mol. The molecule has 0 bridgehead atoms. The minimum absolute atomic E-state index is 0.0683. The molecule has 27 heavy (non-hydrogen) atoms. The molecule has 0 radical (unpaired) electrons. The highest BCUT2D eigenvalue weighted by Gasteiger charge is 2.28. The van der Waals surface area contributed by atoms with E-state index in [9.17, 15) is 4.79 Å². The monoisotopic (exact) mass is 364 g/mol. The molecule has 2 aromatic rings. The SMILES string of the molecule is Cc1cc2c(n1-c1ccc(C(=O)NC3CCCC(C)C3C)cc1)CCCC2. The summed E-state index contributed by atoms with van der Waals surface area (Å²) in [5.41, 5.74) is 6.20. The Morgan fingerprint density at radius 1 is 1.04 bits per heavy atom. The Kier molecular flexibility index (Phi) is 5.12. The summed E-state index contributed by atoms with van der Waals surface area (Å²) in [5.74, 6) is 1.31. The first-order chi connectivity index (χ1) is 13.0. The van der Waals surface area contributed by atoms with E-state index in [0.717, 1.165) is 18.4 Å². The molecule has 0 aliphatic heterocycles. The van der Waals surface area contributed by atoms with Gasteiger partial charge in [0.15, 0.2) is 0 Å². The maximum atomic E-state index is 12.7. The Morgan fingerprint density at radius 3 is 2.56 bits per heavy atom. The largest absolute Gasteiger partial charge is 0.349 e. The lowest BCUT2D eigenvalue weighted by Crippen LogP contribution is -2.43. The van der Waals surface area contributed by atoms with Crippen molar-refractivity contribution in [3.05, 3.63) is 52.8 Å². The Balaban J connectivity index is 1.51. The van der Waals surface area contributed by atoms with Crippen LogP contribution in [0.15, 0.2) is 30.3 Å². The molecule has 3 heteroatoms. The van der Waals surface area contributed by atoms with Gasteiger partial charge in [0.1, 0.15) is 0 Å². The Morgan fingerprint density at radius 2 is 1.78 bits per heavy atom. The van der Waals surface area contributed by atoms with E-state index in [4.69, 9.17) is 0 Å². The molecule has 1 aromatic carbocycles. The number of hydrogen-bond donors (Lipinski definition) is 1. The second-order valence-corrected chi connectivity index (χ2v) is 8.69. The Hall–Kier alpha value is -2.03. The zero-order valence-electron chi connectivity index (χ0n) is 16.9. The van der Waals surface area contributed by atoms with Crippen LogP contribution < -0.4 is 5.32 Å². The van der Waals surface area contributed by atoms with Crippen LogP contribution in [0.1, 0.15) is 73.3 Å². The molecule has 144 valence electrons. The standard InChI is InChI=1S/C24H32N2O/c1-16-7-6-9-22(18(16)3)25-24(27)19-11-13-21(14-12-19)26-17(2)15-20-8-4-5-10-23(20)26/h11-16,18,22H,4-10H2,1-3H3,(H,25,27). The summed E-state index contributed by atoms with van der Waals surface area (Å²) >= 11 is 0. The highest BCUT2D eigenvalue weighted by molar-refractivity contribution is 5.94. The number of nitrogens with one attached hydrogen (secondary N) is 1. The van der Waals surface area contributed by atoms with Crippen molar-refractivity contribution >= 4 is 5.91 Å². The van der Waals surface area contributed by atoms with Gasteiger partial charge in [-0.1, -0.05) is 26.7 Å². The highest BCUT2D eigenvalue weighted by atomic mass is 16.1. The van der Waals surface area contributed by atoms with Crippen molar-refractivity contribution in [1.82, 2.24) is 9.88 Å². The van der Waals surface area contributed by atoms with Gasteiger partial charge in [-0.3, -0.25) is 4.79 Å². The van der Waals surface area contributed by atoms with Gasteiger partial charge in [-0.15, -0.1) is 0 Å². The number of carbonyl (C=O) groups excluding carboxylic acids is 1. The van der Waals surface area contributed by atoms with Crippen LogP contribution in [0.4, 0.5) is 0 Å². The summed E-state index contributed by atoms with van der Waals surface area (Å²) in [6, 6.07) is 10.8. The molecule has 3 unspecified atom stereocenters. The number of hydrogen-bond acceptors (Lipinski definition) is 1. The molecular weight excluding hydrogens is 332 g/mol. The average Bonchev–Trinajstić information content (AvgIpc) is 3.01. The molecule has 3 atom stereocenters. The normalized spacial score (nSPS) is 25.1. The molecule has 1 saturated carbocycles. The second-order valence-electron chi connectivity index (χ2n) is 8.69. The van der Waals surface area contributed by atoms with Crippen LogP contribution in [0.3, 0.4) is 0 Å². The quantitative estimate of drug-likeness (QED) is 0.796. The lowest BCUT2D eigenvalue weighted by Gasteiger charge is -2.34. The number of carbonyl (C=O) groups is 1. The zero-order chi connectivity index (χ0) is 19.0. The van der Waals surface area contributed by atoms with Gasteiger partial charge in [0.05, 0.1) is 0 Å². The van der Waals surface area contributed by atoms with E-state index >= 15 is 0 Å². The molecule has 1 amide bonds.